The zero-order valence-electron chi connectivity index (χ0n) is 14.0. The highest BCUT2D eigenvalue weighted by Gasteiger charge is 2.23. The van der Waals surface area contributed by atoms with Crippen LogP contribution in [-0.4, -0.2) is 33.8 Å². The third-order valence-electron chi connectivity index (χ3n) is 4.50. The maximum Gasteiger partial charge on any atom is 0.317 e. The molecular formula is C18H20FN5O. The number of amides is 2. The number of halogens is 1. The number of carbonyl (C=O) groups is 1. The summed E-state index contributed by atoms with van der Waals surface area (Å²) in [5.41, 5.74) is 1.62. The minimum Gasteiger partial charge on any atom is -0.331 e. The highest BCUT2D eigenvalue weighted by atomic mass is 19.1. The van der Waals surface area contributed by atoms with Gasteiger partial charge in [-0.05, 0) is 44.0 Å². The van der Waals surface area contributed by atoms with Gasteiger partial charge in [-0.3, -0.25) is 0 Å². The van der Waals surface area contributed by atoms with Crippen LogP contribution in [0.25, 0.3) is 5.69 Å². The molecule has 0 spiro atoms. The standard InChI is InChI=1S/C18H20FN5O/c1-13(22-18(25)23-8-6-14(10-20)7-9-23)15-11-21-24(12-15)17-4-2-16(19)3-5-17/h2-5,11-14H,6-9H2,1H3,(H,22,25). The Balaban J connectivity index is 1.60. The summed E-state index contributed by atoms with van der Waals surface area (Å²) < 4.78 is 14.7. The lowest BCUT2D eigenvalue weighted by molar-refractivity contribution is 0.176. The van der Waals surface area contributed by atoms with Crippen molar-refractivity contribution >= 4 is 6.03 Å². The molecule has 1 saturated heterocycles. The maximum absolute atomic E-state index is 13.0. The Morgan fingerprint density at radius 2 is 2.04 bits per heavy atom. The number of likely N-dealkylation sites (tertiary alicyclic amines) is 1. The number of hydrogen-bond acceptors (Lipinski definition) is 3. The predicted molar refractivity (Wildman–Crippen MR) is 90.4 cm³/mol. The first kappa shape index (κ1) is 17.0. The second-order valence-corrected chi connectivity index (χ2v) is 6.26. The van der Waals surface area contributed by atoms with E-state index >= 15 is 0 Å². The van der Waals surface area contributed by atoms with Crippen LogP contribution in [0.1, 0.15) is 31.4 Å². The summed E-state index contributed by atoms with van der Waals surface area (Å²) >= 11 is 0. The highest BCUT2D eigenvalue weighted by Crippen LogP contribution is 2.18. The minimum absolute atomic E-state index is 0.0513. The van der Waals surface area contributed by atoms with Crippen LogP contribution < -0.4 is 5.32 Å². The molecule has 3 rings (SSSR count). The largest absolute Gasteiger partial charge is 0.331 e. The molecular weight excluding hydrogens is 321 g/mol. The summed E-state index contributed by atoms with van der Waals surface area (Å²) in [5.74, 6) is -0.243. The molecule has 0 radical (unpaired) electrons. The topological polar surface area (TPSA) is 74.0 Å². The molecule has 2 aromatic rings. The van der Waals surface area contributed by atoms with Crippen LogP contribution in [0.2, 0.25) is 0 Å². The lowest BCUT2D eigenvalue weighted by Gasteiger charge is -2.30. The van der Waals surface area contributed by atoms with E-state index in [-0.39, 0.29) is 23.8 Å². The van der Waals surface area contributed by atoms with Crippen molar-refractivity contribution in [3.05, 3.63) is 48.0 Å². The van der Waals surface area contributed by atoms with Crippen LogP contribution in [0.15, 0.2) is 36.7 Å². The fraction of sp³-hybridized carbons (Fsp3) is 0.389. The van der Waals surface area contributed by atoms with Gasteiger partial charge in [-0.2, -0.15) is 10.4 Å². The van der Waals surface area contributed by atoms with Crippen LogP contribution in [-0.2, 0) is 0 Å². The molecule has 2 heterocycles. The second-order valence-electron chi connectivity index (χ2n) is 6.26. The molecule has 1 aromatic heterocycles. The third kappa shape index (κ3) is 3.97. The first-order valence-corrected chi connectivity index (χ1v) is 8.32. The van der Waals surface area contributed by atoms with Crippen LogP contribution >= 0.6 is 0 Å². The van der Waals surface area contributed by atoms with Gasteiger partial charge in [-0.1, -0.05) is 0 Å². The maximum atomic E-state index is 13.0. The Morgan fingerprint density at radius 1 is 1.36 bits per heavy atom. The van der Waals surface area contributed by atoms with E-state index in [1.165, 1.54) is 12.1 Å². The van der Waals surface area contributed by atoms with Crippen LogP contribution in [0.5, 0.6) is 0 Å². The second kappa shape index (κ2) is 7.34. The van der Waals surface area contributed by atoms with Gasteiger partial charge in [-0.15, -0.1) is 0 Å². The van der Waals surface area contributed by atoms with E-state index in [9.17, 15) is 9.18 Å². The van der Waals surface area contributed by atoms with Crippen molar-refractivity contribution in [1.82, 2.24) is 20.0 Å². The summed E-state index contributed by atoms with van der Waals surface area (Å²) in [6, 6.07) is 7.99. The first-order valence-electron chi connectivity index (χ1n) is 8.32. The number of rotatable bonds is 3. The molecule has 1 aliphatic heterocycles. The molecule has 0 aliphatic carbocycles. The van der Waals surface area contributed by atoms with E-state index in [0.717, 1.165) is 24.1 Å². The third-order valence-corrected chi connectivity index (χ3v) is 4.50. The molecule has 130 valence electrons. The van der Waals surface area contributed by atoms with Crippen molar-refractivity contribution in [2.75, 3.05) is 13.1 Å². The molecule has 1 fully saturated rings. The number of nitrogens with zero attached hydrogens (tertiary/aromatic N) is 4. The van der Waals surface area contributed by atoms with E-state index in [1.807, 2.05) is 13.1 Å². The molecule has 1 aliphatic rings. The van der Waals surface area contributed by atoms with Crippen molar-refractivity contribution < 1.29 is 9.18 Å². The highest BCUT2D eigenvalue weighted by molar-refractivity contribution is 5.74. The van der Waals surface area contributed by atoms with Gasteiger partial charge in [0.05, 0.1) is 24.0 Å². The molecule has 0 saturated carbocycles. The van der Waals surface area contributed by atoms with Gasteiger partial charge in [-0.25, -0.2) is 13.9 Å². The fourth-order valence-electron chi connectivity index (χ4n) is 2.87. The van der Waals surface area contributed by atoms with Gasteiger partial charge in [0.1, 0.15) is 5.82 Å². The molecule has 0 bridgehead atoms. The van der Waals surface area contributed by atoms with E-state index in [1.54, 1.807) is 27.9 Å². The van der Waals surface area contributed by atoms with E-state index < -0.39 is 0 Å². The summed E-state index contributed by atoms with van der Waals surface area (Å²) in [6.45, 7) is 3.10. The van der Waals surface area contributed by atoms with Gasteiger partial charge in [0.15, 0.2) is 0 Å². The van der Waals surface area contributed by atoms with Gasteiger partial charge >= 0.3 is 6.03 Å². The molecule has 7 heteroatoms. The van der Waals surface area contributed by atoms with Crippen LogP contribution in [0.4, 0.5) is 9.18 Å². The normalized spacial score (nSPS) is 16.3. The minimum atomic E-state index is -0.295. The number of hydrogen-bond donors (Lipinski definition) is 1. The van der Waals surface area contributed by atoms with Gasteiger partial charge in [0.2, 0.25) is 0 Å². The molecule has 1 unspecified atom stereocenters. The Morgan fingerprint density at radius 3 is 2.68 bits per heavy atom. The number of carbonyl (C=O) groups excluding carboxylic acids is 1. The van der Waals surface area contributed by atoms with Crippen molar-refractivity contribution in [2.45, 2.75) is 25.8 Å². The van der Waals surface area contributed by atoms with Crippen molar-refractivity contribution in [2.24, 2.45) is 5.92 Å². The number of urea groups is 1. The monoisotopic (exact) mass is 341 g/mol. The number of piperidine rings is 1. The quantitative estimate of drug-likeness (QED) is 0.932. The summed E-state index contributed by atoms with van der Waals surface area (Å²) in [4.78, 5) is 14.1. The number of aromatic nitrogens is 2. The fourth-order valence-corrected chi connectivity index (χ4v) is 2.87. The zero-order chi connectivity index (χ0) is 17.8. The summed E-state index contributed by atoms with van der Waals surface area (Å²) in [7, 11) is 0. The Kier molecular flexibility index (Phi) is 4.98. The smallest absolute Gasteiger partial charge is 0.317 e. The van der Waals surface area contributed by atoms with Crippen LogP contribution in [0.3, 0.4) is 0 Å². The average Bonchev–Trinajstić information content (AvgIpc) is 3.12. The van der Waals surface area contributed by atoms with Crippen molar-refractivity contribution in [3.8, 4) is 11.8 Å². The summed E-state index contributed by atoms with van der Waals surface area (Å²) in [5, 5.41) is 16.2. The van der Waals surface area contributed by atoms with Gasteiger partial charge in [0, 0.05) is 30.8 Å². The summed E-state index contributed by atoms with van der Waals surface area (Å²) in [6.07, 6.45) is 4.96. The number of nitriles is 1. The number of nitrogens with one attached hydrogen (secondary N) is 1. The lowest BCUT2D eigenvalue weighted by atomic mass is 9.99. The van der Waals surface area contributed by atoms with Gasteiger partial charge in [0.25, 0.3) is 0 Å². The van der Waals surface area contributed by atoms with Crippen molar-refractivity contribution in [3.63, 3.8) is 0 Å². The molecule has 6 nitrogen and oxygen atoms in total. The average molecular weight is 341 g/mol. The van der Waals surface area contributed by atoms with Crippen molar-refractivity contribution in [1.29, 1.82) is 5.26 Å². The molecule has 1 N–H and O–H groups in total. The van der Waals surface area contributed by atoms with E-state index in [4.69, 9.17) is 5.26 Å². The van der Waals surface area contributed by atoms with E-state index in [2.05, 4.69) is 16.5 Å². The molecule has 1 atom stereocenters. The Labute approximate surface area is 145 Å². The molecule has 25 heavy (non-hydrogen) atoms. The zero-order valence-corrected chi connectivity index (χ0v) is 14.0. The SMILES string of the molecule is CC(NC(=O)N1CCC(C#N)CC1)c1cnn(-c2ccc(F)cc2)c1. The molecule has 2 amide bonds. The predicted octanol–water partition coefficient (Wildman–Crippen LogP) is 3.02. The lowest BCUT2D eigenvalue weighted by Crippen LogP contribution is -2.45. The Hall–Kier alpha value is -2.88. The first-order chi connectivity index (χ1) is 12.1. The number of benzene rings is 1. The molecule has 1 aromatic carbocycles. The van der Waals surface area contributed by atoms with E-state index in [0.29, 0.717) is 13.1 Å². The Bertz CT molecular complexity index is 772. The van der Waals surface area contributed by atoms with Gasteiger partial charge < -0.3 is 10.2 Å². The van der Waals surface area contributed by atoms with Crippen LogP contribution in [0, 0.1) is 23.1 Å².